The maximum atomic E-state index is 11.2. The van der Waals surface area contributed by atoms with E-state index < -0.39 is 5.97 Å². The molecule has 0 unspecified atom stereocenters. The summed E-state index contributed by atoms with van der Waals surface area (Å²) < 4.78 is 0. The van der Waals surface area contributed by atoms with Crippen molar-refractivity contribution in [2.24, 2.45) is 0 Å². The van der Waals surface area contributed by atoms with Gasteiger partial charge < -0.3 is 10.4 Å². The van der Waals surface area contributed by atoms with Crippen molar-refractivity contribution >= 4 is 35.2 Å². The number of halogens is 1. The lowest BCUT2D eigenvalue weighted by Crippen LogP contribution is -2.22. The van der Waals surface area contributed by atoms with Crippen molar-refractivity contribution in [3.05, 3.63) is 28.8 Å². The second-order valence-electron chi connectivity index (χ2n) is 3.50. The van der Waals surface area contributed by atoms with Crippen LogP contribution in [0.2, 0.25) is 5.02 Å². The normalized spacial score (nSPS) is 10.1. The van der Waals surface area contributed by atoms with Gasteiger partial charge in [0.1, 0.15) is 0 Å². The van der Waals surface area contributed by atoms with E-state index in [-0.39, 0.29) is 16.5 Å². The van der Waals surface area contributed by atoms with Crippen LogP contribution >= 0.6 is 23.4 Å². The van der Waals surface area contributed by atoms with E-state index in [1.54, 1.807) is 12.1 Å². The van der Waals surface area contributed by atoms with Gasteiger partial charge in [-0.15, -0.1) is 11.8 Å². The molecule has 0 aliphatic heterocycles. The molecular formula is C12H14ClNO3S. The Morgan fingerprint density at radius 1 is 1.44 bits per heavy atom. The van der Waals surface area contributed by atoms with Crippen molar-refractivity contribution in [3.8, 4) is 0 Å². The van der Waals surface area contributed by atoms with E-state index in [1.165, 1.54) is 17.8 Å². The molecule has 0 bridgehead atoms. The number of hydrogen-bond acceptors (Lipinski definition) is 3. The van der Waals surface area contributed by atoms with E-state index in [2.05, 4.69) is 5.32 Å². The first-order valence-electron chi connectivity index (χ1n) is 5.47. The number of amides is 1. The third-order valence-corrected chi connectivity index (χ3v) is 3.47. The summed E-state index contributed by atoms with van der Waals surface area (Å²) in [5, 5.41) is 11.8. The zero-order valence-electron chi connectivity index (χ0n) is 9.90. The molecule has 0 radical (unpaired) electrons. The number of aromatic carboxylic acids is 1. The summed E-state index contributed by atoms with van der Waals surface area (Å²) in [4.78, 5) is 22.9. The Balaban J connectivity index is 2.55. The maximum absolute atomic E-state index is 11.2. The summed E-state index contributed by atoms with van der Waals surface area (Å²) in [5.74, 6) is -0.449. The summed E-state index contributed by atoms with van der Waals surface area (Å²) >= 11 is 7.19. The summed E-state index contributed by atoms with van der Waals surface area (Å²) in [5.41, 5.74) is 0.0830. The molecule has 0 saturated carbocycles. The number of carbonyl (C=O) groups is 2. The van der Waals surface area contributed by atoms with E-state index in [0.29, 0.717) is 18.7 Å². The minimum Gasteiger partial charge on any atom is -0.478 e. The minimum absolute atomic E-state index is 0.00239. The average Bonchev–Trinajstić information content (AvgIpc) is 2.31. The predicted octanol–water partition coefficient (Wildman–Crippen LogP) is 2.66. The fourth-order valence-corrected chi connectivity index (χ4v) is 2.39. The van der Waals surface area contributed by atoms with Crippen LogP contribution in [0, 0.1) is 0 Å². The Kier molecular flexibility index (Phi) is 6.01. The van der Waals surface area contributed by atoms with Crippen LogP contribution in [0.25, 0.3) is 0 Å². The molecule has 1 aromatic carbocycles. The SMILES string of the molecule is CCNC(=O)CCSc1ccc(Cl)c(C(=O)O)c1. The Hall–Kier alpha value is -1.20. The average molecular weight is 288 g/mol. The standard InChI is InChI=1S/C12H14ClNO3S/c1-2-14-11(15)5-6-18-8-3-4-10(13)9(7-8)12(16)17/h3-4,7H,2,5-6H2,1H3,(H,14,15)(H,16,17). The number of rotatable bonds is 6. The van der Waals surface area contributed by atoms with Crippen LogP contribution in [0.3, 0.4) is 0 Å². The Bertz CT molecular complexity index is 451. The number of carbonyl (C=O) groups excluding carboxylic acids is 1. The molecule has 4 nitrogen and oxygen atoms in total. The first-order valence-corrected chi connectivity index (χ1v) is 6.83. The van der Waals surface area contributed by atoms with E-state index in [1.807, 2.05) is 6.92 Å². The third kappa shape index (κ3) is 4.58. The molecular weight excluding hydrogens is 274 g/mol. The summed E-state index contributed by atoms with van der Waals surface area (Å²) in [6.07, 6.45) is 0.406. The number of benzene rings is 1. The number of hydrogen-bond donors (Lipinski definition) is 2. The van der Waals surface area contributed by atoms with Crippen molar-refractivity contribution in [2.45, 2.75) is 18.2 Å². The van der Waals surface area contributed by atoms with Gasteiger partial charge in [-0.25, -0.2) is 4.79 Å². The molecule has 0 aliphatic rings. The fourth-order valence-electron chi connectivity index (χ4n) is 1.31. The highest BCUT2D eigenvalue weighted by Gasteiger charge is 2.09. The molecule has 6 heteroatoms. The van der Waals surface area contributed by atoms with Gasteiger partial charge in [0.25, 0.3) is 0 Å². The van der Waals surface area contributed by atoms with Crippen LogP contribution in [0.5, 0.6) is 0 Å². The smallest absolute Gasteiger partial charge is 0.337 e. The molecule has 0 heterocycles. The quantitative estimate of drug-likeness (QED) is 0.790. The third-order valence-electron chi connectivity index (χ3n) is 2.14. The second-order valence-corrected chi connectivity index (χ2v) is 5.07. The molecule has 1 rings (SSSR count). The molecule has 0 aliphatic carbocycles. The predicted molar refractivity (Wildman–Crippen MR) is 72.4 cm³/mol. The lowest BCUT2D eigenvalue weighted by Gasteiger charge is -2.05. The molecule has 0 aromatic heterocycles. The number of carboxylic acid groups (broad SMARTS) is 1. The van der Waals surface area contributed by atoms with E-state index in [0.717, 1.165) is 4.90 Å². The first kappa shape index (κ1) is 14.9. The second kappa shape index (κ2) is 7.28. The van der Waals surface area contributed by atoms with Crippen LogP contribution in [0.15, 0.2) is 23.1 Å². The van der Waals surface area contributed by atoms with Gasteiger partial charge in [-0.1, -0.05) is 11.6 Å². The Morgan fingerprint density at radius 2 is 2.17 bits per heavy atom. The Morgan fingerprint density at radius 3 is 2.78 bits per heavy atom. The van der Waals surface area contributed by atoms with E-state index in [9.17, 15) is 9.59 Å². The molecule has 1 aromatic rings. The molecule has 98 valence electrons. The zero-order chi connectivity index (χ0) is 13.5. The number of carboxylic acids is 1. The topological polar surface area (TPSA) is 66.4 Å². The molecule has 1 amide bonds. The van der Waals surface area contributed by atoms with Gasteiger partial charge in [0.05, 0.1) is 10.6 Å². The van der Waals surface area contributed by atoms with Crippen LogP contribution in [0.4, 0.5) is 0 Å². The van der Waals surface area contributed by atoms with Gasteiger partial charge in [0, 0.05) is 23.6 Å². The minimum atomic E-state index is -1.05. The van der Waals surface area contributed by atoms with Gasteiger partial charge in [-0.3, -0.25) is 4.79 Å². The van der Waals surface area contributed by atoms with Gasteiger partial charge in [0.2, 0.25) is 5.91 Å². The van der Waals surface area contributed by atoms with Crippen LogP contribution in [-0.4, -0.2) is 29.3 Å². The highest BCUT2D eigenvalue weighted by Crippen LogP contribution is 2.25. The fraction of sp³-hybridized carbons (Fsp3) is 0.333. The first-order chi connectivity index (χ1) is 8.54. The van der Waals surface area contributed by atoms with E-state index in [4.69, 9.17) is 16.7 Å². The number of thioether (sulfide) groups is 1. The van der Waals surface area contributed by atoms with Crippen molar-refractivity contribution in [1.82, 2.24) is 5.32 Å². The summed E-state index contributed by atoms with van der Waals surface area (Å²) in [6.45, 7) is 2.48. The monoisotopic (exact) mass is 287 g/mol. The molecule has 0 atom stereocenters. The summed E-state index contributed by atoms with van der Waals surface area (Å²) in [7, 11) is 0. The highest BCUT2D eigenvalue weighted by molar-refractivity contribution is 7.99. The molecule has 18 heavy (non-hydrogen) atoms. The lowest BCUT2D eigenvalue weighted by molar-refractivity contribution is -0.120. The van der Waals surface area contributed by atoms with Crippen LogP contribution in [0.1, 0.15) is 23.7 Å². The van der Waals surface area contributed by atoms with Crippen LogP contribution < -0.4 is 5.32 Å². The van der Waals surface area contributed by atoms with Gasteiger partial charge in [0.15, 0.2) is 0 Å². The molecule has 0 saturated heterocycles. The zero-order valence-corrected chi connectivity index (χ0v) is 11.5. The molecule has 0 spiro atoms. The van der Waals surface area contributed by atoms with Gasteiger partial charge in [-0.05, 0) is 25.1 Å². The van der Waals surface area contributed by atoms with E-state index >= 15 is 0 Å². The maximum Gasteiger partial charge on any atom is 0.337 e. The number of nitrogens with one attached hydrogen (secondary N) is 1. The molecule has 0 fully saturated rings. The van der Waals surface area contributed by atoms with Crippen molar-refractivity contribution in [1.29, 1.82) is 0 Å². The highest BCUT2D eigenvalue weighted by atomic mass is 35.5. The van der Waals surface area contributed by atoms with Crippen molar-refractivity contribution in [3.63, 3.8) is 0 Å². The van der Waals surface area contributed by atoms with Crippen LogP contribution in [-0.2, 0) is 4.79 Å². The van der Waals surface area contributed by atoms with Gasteiger partial charge >= 0.3 is 5.97 Å². The van der Waals surface area contributed by atoms with Crippen molar-refractivity contribution in [2.75, 3.05) is 12.3 Å². The largest absolute Gasteiger partial charge is 0.478 e. The van der Waals surface area contributed by atoms with Gasteiger partial charge in [-0.2, -0.15) is 0 Å². The van der Waals surface area contributed by atoms with Crippen molar-refractivity contribution < 1.29 is 14.7 Å². The molecule has 2 N–H and O–H groups in total. The summed E-state index contributed by atoms with van der Waals surface area (Å²) in [6, 6.07) is 4.82. The lowest BCUT2D eigenvalue weighted by atomic mass is 10.2. The Labute approximate surface area is 115 Å².